The molecule has 0 spiro atoms. The standard InChI is InChI=1S/C16H15F3N4O2/c1-9-8-12(22-16(20-9)23-4-6-25-7-5-23)15(24)21-11-3-2-10(17)13(18)14(11)19/h2-3,8H,4-7H2,1H3,(H,21,24). The maximum Gasteiger partial charge on any atom is 0.274 e. The third kappa shape index (κ3) is 3.71. The highest BCUT2D eigenvalue weighted by molar-refractivity contribution is 6.03. The molecule has 0 atom stereocenters. The van der Waals surface area contributed by atoms with Crippen LogP contribution in [0.2, 0.25) is 0 Å². The van der Waals surface area contributed by atoms with E-state index in [2.05, 4.69) is 15.3 Å². The van der Waals surface area contributed by atoms with Crippen LogP contribution < -0.4 is 10.2 Å². The molecule has 1 N–H and O–H groups in total. The summed E-state index contributed by atoms with van der Waals surface area (Å²) in [6.45, 7) is 3.92. The summed E-state index contributed by atoms with van der Waals surface area (Å²) in [7, 11) is 0. The molecule has 0 unspecified atom stereocenters. The Hall–Kier alpha value is -2.68. The van der Waals surface area contributed by atoms with Crippen LogP contribution in [0.1, 0.15) is 16.2 Å². The number of morpholine rings is 1. The van der Waals surface area contributed by atoms with Crippen molar-refractivity contribution in [3.05, 3.63) is 47.0 Å². The van der Waals surface area contributed by atoms with E-state index in [1.54, 1.807) is 6.92 Å². The topological polar surface area (TPSA) is 67.4 Å². The highest BCUT2D eigenvalue weighted by Crippen LogP contribution is 2.20. The van der Waals surface area contributed by atoms with Crippen LogP contribution >= 0.6 is 0 Å². The summed E-state index contributed by atoms with van der Waals surface area (Å²) in [5, 5.41) is 2.20. The van der Waals surface area contributed by atoms with Crippen LogP contribution in [0.3, 0.4) is 0 Å². The zero-order chi connectivity index (χ0) is 18.0. The van der Waals surface area contributed by atoms with E-state index in [0.29, 0.717) is 37.9 Å². The number of nitrogens with one attached hydrogen (secondary N) is 1. The Morgan fingerprint density at radius 1 is 1.16 bits per heavy atom. The van der Waals surface area contributed by atoms with E-state index in [1.807, 2.05) is 4.90 Å². The molecule has 0 saturated carbocycles. The Balaban J connectivity index is 1.85. The zero-order valence-electron chi connectivity index (χ0n) is 13.4. The summed E-state index contributed by atoms with van der Waals surface area (Å²) in [6.07, 6.45) is 0. The molecule has 0 bridgehead atoms. The van der Waals surface area contributed by atoms with Crippen molar-refractivity contribution in [1.82, 2.24) is 9.97 Å². The molecule has 1 aliphatic rings. The van der Waals surface area contributed by atoms with Crippen LogP contribution in [0.4, 0.5) is 24.8 Å². The molecule has 0 radical (unpaired) electrons. The summed E-state index contributed by atoms with van der Waals surface area (Å²) in [5.74, 6) is -4.83. The van der Waals surface area contributed by atoms with Crippen molar-refractivity contribution in [2.45, 2.75) is 6.92 Å². The fourth-order valence-electron chi connectivity index (χ4n) is 2.38. The molecule has 2 heterocycles. The van der Waals surface area contributed by atoms with Crippen molar-refractivity contribution in [2.75, 3.05) is 36.5 Å². The van der Waals surface area contributed by atoms with Gasteiger partial charge >= 0.3 is 0 Å². The van der Waals surface area contributed by atoms with E-state index in [1.165, 1.54) is 6.07 Å². The summed E-state index contributed by atoms with van der Waals surface area (Å²) in [5.41, 5.74) is 0.0820. The molecule has 1 amide bonds. The fraction of sp³-hybridized carbons (Fsp3) is 0.312. The van der Waals surface area contributed by atoms with E-state index in [-0.39, 0.29) is 5.69 Å². The summed E-state index contributed by atoms with van der Waals surface area (Å²) in [4.78, 5) is 22.7. The van der Waals surface area contributed by atoms with Crippen molar-refractivity contribution in [1.29, 1.82) is 0 Å². The number of halogens is 3. The van der Waals surface area contributed by atoms with E-state index in [9.17, 15) is 18.0 Å². The molecule has 1 fully saturated rings. The Bertz CT molecular complexity index is 810. The second-order valence-corrected chi connectivity index (χ2v) is 5.47. The van der Waals surface area contributed by atoms with Gasteiger partial charge in [-0.25, -0.2) is 23.1 Å². The number of carbonyl (C=O) groups is 1. The number of carbonyl (C=O) groups excluding carboxylic acids is 1. The van der Waals surface area contributed by atoms with Crippen molar-refractivity contribution in [3.8, 4) is 0 Å². The molecular weight excluding hydrogens is 337 g/mol. The predicted molar refractivity (Wildman–Crippen MR) is 84.1 cm³/mol. The van der Waals surface area contributed by atoms with Gasteiger partial charge in [-0.3, -0.25) is 4.79 Å². The number of aryl methyl sites for hydroxylation is 1. The molecule has 1 aliphatic heterocycles. The van der Waals surface area contributed by atoms with Gasteiger partial charge in [-0.2, -0.15) is 0 Å². The minimum Gasteiger partial charge on any atom is -0.378 e. The van der Waals surface area contributed by atoms with E-state index < -0.39 is 29.0 Å². The quantitative estimate of drug-likeness (QED) is 0.859. The second kappa shape index (κ2) is 7.06. The first-order valence-electron chi connectivity index (χ1n) is 7.59. The minimum atomic E-state index is -1.65. The van der Waals surface area contributed by atoms with E-state index in [4.69, 9.17) is 4.74 Å². The van der Waals surface area contributed by atoms with Gasteiger partial charge in [-0.1, -0.05) is 0 Å². The first kappa shape index (κ1) is 17.2. The van der Waals surface area contributed by atoms with Crippen molar-refractivity contribution in [3.63, 3.8) is 0 Å². The average Bonchev–Trinajstić information content (AvgIpc) is 2.62. The SMILES string of the molecule is Cc1cc(C(=O)Nc2ccc(F)c(F)c2F)nc(N2CCOCC2)n1. The molecule has 0 aliphatic carbocycles. The number of rotatable bonds is 3. The largest absolute Gasteiger partial charge is 0.378 e. The van der Waals surface area contributed by atoms with Gasteiger partial charge in [0.2, 0.25) is 5.95 Å². The number of nitrogens with zero attached hydrogens (tertiary/aromatic N) is 3. The zero-order valence-corrected chi connectivity index (χ0v) is 13.4. The normalized spacial score (nSPS) is 14.5. The number of ether oxygens (including phenoxy) is 1. The lowest BCUT2D eigenvalue weighted by Gasteiger charge is -2.27. The number of benzene rings is 1. The molecule has 1 aromatic heterocycles. The summed E-state index contributed by atoms with van der Waals surface area (Å²) >= 11 is 0. The molecular formula is C16H15F3N4O2. The van der Waals surface area contributed by atoms with E-state index in [0.717, 1.165) is 12.1 Å². The van der Waals surface area contributed by atoms with Gasteiger partial charge in [-0.05, 0) is 25.1 Å². The third-order valence-corrected chi connectivity index (χ3v) is 3.65. The van der Waals surface area contributed by atoms with Crippen LogP contribution in [-0.4, -0.2) is 42.2 Å². The molecule has 9 heteroatoms. The second-order valence-electron chi connectivity index (χ2n) is 5.47. The van der Waals surface area contributed by atoms with Gasteiger partial charge in [0.25, 0.3) is 5.91 Å². The maximum absolute atomic E-state index is 13.7. The Labute approximate surface area is 141 Å². The predicted octanol–water partition coefficient (Wildman–Crippen LogP) is 2.29. The first-order valence-corrected chi connectivity index (χ1v) is 7.59. The van der Waals surface area contributed by atoms with Crippen molar-refractivity contribution < 1.29 is 22.7 Å². The van der Waals surface area contributed by atoms with Crippen molar-refractivity contribution in [2.24, 2.45) is 0 Å². The van der Waals surface area contributed by atoms with Gasteiger partial charge in [-0.15, -0.1) is 0 Å². The van der Waals surface area contributed by atoms with Gasteiger partial charge in [0, 0.05) is 18.8 Å². The molecule has 1 saturated heterocycles. The van der Waals surface area contributed by atoms with Gasteiger partial charge < -0.3 is 15.0 Å². The number of hydrogen-bond acceptors (Lipinski definition) is 5. The lowest BCUT2D eigenvalue weighted by atomic mass is 10.2. The Morgan fingerprint density at radius 2 is 1.88 bits per heavy atom. The molecule has 132 valence electrons. The molecule has 1 aromatic carbocycles. The monoisotopic (exact) mass is 352 g/mol. The Kier molecular flexibility index (Phi) is 4.84. The highest BCUT2D eigenvalue weighted by atomic mass is 19.2. The average molecular weight is 352 g/mol. The van der Waals surface area contributed by atoms with Gasteiger partial charge in [0.05, 0.1) is 18.9 Å². The molecule has 3 rings (SSSR count). The van der Waals surface area contributed by atoms with Gasteiger partial charge in [0.15, 0.2) is 17.5 Å². The van der Waals surface area contributed by atoms with Crippen LogP contribution in [0.15, 0.2) is 18.2 Å². The van der Waals surface area contributed by atoms with Crippen LogP contribution in [0, 0.1) is 24.4 Å². The minimum absolute atomic E-state index is 0.00174. The number of anilines is 2. The third-order valence-electron chi connectivity index (χ3n) is 3.65. The smallest absolute Gasteiger partial charge is 0.274 e. The first-order chi connectivity index (χ1) is 12.0. The van der Waals surface area contributed by atoms with Crippen LogP contribution in [0.5, 0.6) is 0 Å². The van der Waals surface area contributed by atoms with Crippen LogP contribution in [-0.2, 0) is 4.74 Å². The number of hydrogen-bond donors (Lipinski definition) is 1. The highest BCUT2D eigenvalue weighted by Gasteiger charge is 2.20. The lowest BCUT2D eigenvalue weighted by molar-refractivity contribution is 0.102. The number of aromatic nitrogens is 2. The molecule has 25 heavy (non-hydrogen) atoms. The van der Waals surface area contributed by atoms with Gasteiger partial charge in [0.1, 0.15) is 5.69 Å². The summed E-state index contributed by atoms with van der Waals surface area (Å²) in [6, 6.07) is 3.11. The number of amides is 1. The van der Waals surface area contributed by atoms with Crippen molar-refractivity contribution >= 4 is 17.5 Å². The lowest BCUT2D eigenvalue weighted by Crippen LogP contribution is -2.37. The maximum atomic E-state index is 13.7. The summed E-state index contributed by atoms with van der Waals surface area (Å²) < 4.78 is 45.2. The Morgan fingerprint density at radius 3 is 2.60 bits per heavy atom. The van der Waals surface area contributed by atoms with E-state index >= 15 is 0 Å². The molecule has 2 aromatic rings. The molecule has 6 nitrogen and oxygen atoms in total. The fourth-order valence-corrected chi connectivity index (χ4v) is 2.38. The van der Waals surface area contributed by atoms with Crippen LogP contribution in [0.25, 0.3) is 0 Å².